The highest BCUT2D eigenvalue weighted by atomic mass is 16.5. The summed E-state index contributed by atoms with van der Waals surface area (Å²) in [5, 5.41) is 5.64. The molecule has 2 aromatic rings. The fourth-order valence-corrected chi connectivity index (χ4v) is 3.27. The molecular formula is C25H34N2O4. The molecule has 6 heteroatoms. The Morgan fingerprint density at radius 1 is 0.968 bits per heavy atom. The van der Waals surface area contributed by atoms with E-state index in [0.29, 0.717) is 23.0 Å². The average Bonchev–Trinajstić information content (AvgIpc) is 2.79. The first-order valence-corrected chi connectivity index (χ1v) is 10.7. The van der Waals surface area contributed by atoms with Gasteiger partial charge in [0.15, 0.2) is 18.1 Å². The molecule has 0 fully saturated rings. The molecule has 0 bridgehead atoms. The number of carbonyl (C=O) groups excluding carboxylic acids is 2. The van der Waals surface area contributed by atoms with Gasteiger partial charge in [-0.2, -0.15) is 0 Å². The zero-order valence-corrected chi connectivity index (χ0v) is 19.3. The van der Waals surface area contributed by atoms with Gasteiger partial charge in [0, 0.05) is 12.6 Å². The molecule has 2 amide bonds. The normalized spacial score (nSPS) is 12.7. The monoisotopic (exact) mass is 426 g/mol. The highest BCUT2D eigenvalue weighted by Gasteiger charge is 2.20. The third-order valence-corrected chi connectivity index (χ3v) is 5.49. The molecule has 0 radical (unpaired) electrons. The third-order valence-electron chi connectivity index (χ3n) is 5.49. The van der Waals surface area contributed by atoms with Gasteiger partial charge in [0.25, 0.3) is 11.8 Å². The molecule has 2 aromatic carbocycles. The molecule has 2 N–H and O–H groups in total. The zero-order chi connectivity index (χ0) is 23.0. The SMILES string of the molecule is CCC(C)c1ccc(C(NC(=O)c2ccc(OCC(=O)NC)c(OC)c2)C(C)C)cc1. The van der Waals surface area contributed by atoms with Crippen molar-refractivity contribution in [3.05, 3.63) is 59.2 Å². The number of hydrogen-bond acceptors (Lipinski definition) is 4. The van der Waals surface area contributed by atoms with Crippen molar-refractivity contribution in [2.45, 2.75) is 46.1 Å². The lowest BCUT2D eigenvalue weighted by Crippen LogP contribution is -2.31. The Morgan fingerprint density at radius 2 is 1.61 bits per heavy atom. The molecule has 0 aliphatic heterocycles. The summed E-state index contributed by atoms with van der Waals surface area (Å²) in [7, 11) is 3.04. The van der Waals surface area contributed by atoms with Crippen LogP contribution in [-0.4, -0.2) is 32.6 Å². The van der Waals surface area contributed by atoms with Crippen LogP contribution in [0.5, 0.6) is 11.5 Å². The summed E-state index contributed by atoms with van der Waals surface area (Å²) in [4.78, 5) is 24.4. The standard InChI is InChI=1S/C25H34N2O4/c1-7-17(4)18-8-10-19(11-9-18)24(16(2)3)27-25(29)20-12-13-21(22(14-20)30-6)31-15-23(28)26-5/h8-14,16-17,24H,7,15H2,1-6H3,(H,26,28)(H,27,29). The maximum absolute atomic E-state index is 13.0. The lowest BCUT2D eigenvalue weighted by atomic mass is 9.92. The van der Waals surface area contributed by atoms with Crippen LogP contribution in [0.1, 0.15) is 67.6 Å². The second-order valence-corrected chi connectivity index (χ2v) is 8.00. The van der Waals surface area contributed by atoms with E-state index in [2.05, 4.69) is 62.6 Å². The lowest BCUT2D eigenvalue weighted by molar-refractivity contribution is -0.122. The van der Waals surface area contributed by atoms with Crippen molar-refractivity contribution >= 4 is 11.8 Å². The Balaban J connectivity index is 2.17. The van der Waals surface area contributed by atoms with Crippen molar-refractivity contribution in [1.29, 1.82) is 0 Å². The molecule has 0 saturated heterocycles. The number of carbonyl (C=O) groups is 2. The molecule has 0 spiro atoms. The van der Waals surface area contributed by atoms with E-state index in [9.17, 15) is 9.59 Å². The van der Waals surface area contributed by atoms with Crippen LogP contribution in [0.15, 0.2) is 42.5 Å². The zero-order valence-electron chi connectivity index (χ0n) is 19.3. The smallest absolute Gasteiger partial charge is 0.257 e. The van der Waals surface area contributed by atoms with Crippen molar-refractivity contribution in [3.63, 3.8) is 0 Å². The second kappa shape index (κ2) is 11.4. The maximum atomic E-state index is 13.0. The van der Waals surface area contributed by atoms with Crippen LogP contribution in [0.2, 0.25) is 0 Å². The predicted molar refractivity (Wildman–Crippen MR) is 123 cm³/mol. The molecule has 0 saturated carbocycles. The van der Waals surface area contributed by atoms with E-state index in [1.54, 1.807) is 25.2 Å². The van der Waals surface area contributed by atoms with E-state index in [4.69, 9.17) is 9.47 Å². The first kappa shape index (κ1) is 24.3. The van der Waals surface area contributed by atoms with Gasteiger partial charge < -0.3 is 20.1 Å². The van der Waals surface area contributed by atoms with Crippen molar-refractivity contribution < 1.29 is 19.1 Å². The Hall–Kier alpha value is -3.02. The molecule has 6 nitrogen and oxygen atoms in total. The summed E-state index contributed by atoms with van der Waals surface area (Å²) < 4.78 is 10.8. The summed E-state index contributed by atoms with van der Waals surface area (Å²) in [5.74, 6) is 1.09. The van der Waals surface area contributed by atoms with Crippen LogP contribution < -0.4 is 20.1 Å². The van der Waals surface area contributed by atoms with Gasteiger partial charge in [0.1, 0.15) is 0 Å². The van der Waals surface area contributed by atoms with Crippen LogP contribution >= 0.6 is 0 Å². The van der Waals surface area contributed by atoms with Gasteiger partial charge in [-0.1, -0.05) is 52.0 Å². The lowest BCUT2D eigenvalue weighted by Gasteiger charge is -2.24. The Bertz CT molecular complexity index is 878. The number of rotatable bonds is 10. The fourth-order valence-electron chi connectivity index (χ4n) is 3.27. The van der Waals surface area contributed by atoms with Crippen molar-refractivity contribution in [2.75, 3.05) is 20.8 Å². The number of benzene rings is 2. The summed E-state index contributed by atoms with van der Waals surface area (Å²) in [6, 6.07) is 13.3. The van der Waals surface area contributed by atoms with Crippen LogP contribution in [0.4, 0.5) is 0 Å². The molecule has 0 aliphatic carbocycles. The Kier molecular flexibility index (Phi) is 8.91. The molecule has 0 aliphatic rings. The fraction of sp³-hybridized carbons (Fsp3) is 0.440. The van der Waals surface area contributed by atoms with Gasteiger partial charge in [0.2, 0.25) is 0 Å². The minimum atomic E-state index is -0.247. The first-order valence-electron chi connectivity index (χ1n) is 10.7. The van der Waals surface area contributed by atoms with E-state index in [-0.39, 0.29) is 30.4 Å². The molecule has 168 valence electrons. The van der Waals surface area contributed by atoms with Crippen LogP contribution in [0.25, 0.3) is 0 Å². The van der Waals surface area contributed by atoms with Crippen LogP contribution in [0.3, 0.4) is 0 Å². The third kappa shape index (κ3) is 6.48. The van der Waals surface area contributed by atoms with Crippen LogP contribution in [-0.2, 0) is 4.79 Å². The van der Waals surface area contributed by atoms with Crippen molar-refractivity contribution in [2.24, 2.45) is 5.92 Å². The van der Waals surface area contributed by atoms with E-state index < -0.39 is 0 Å². The Labute approximate surface area is 185 Å². The number of hydrogen-bond donors (Lipinski definition) is 2. The molecular weight excluding hydrogens is 392 g/mol. The van der Waals surface area contributed by atoms with E-state index in [1.807, 2.05) is 0 Å². The number of likely N-dealkylation sites (N-methyl/N-ethyl adjacent to an activating group) is 1. The molecule has 2 atom stereocenters. The predicted octanol–water partition coefficient (Wildman–Crippen LogP) is 4.46. The largest absolute Gasteiger partial charge is 0.493 e. The minimum absolute atomic E-state index is 0.117. The summed E-state index contributed by atoms with van der Waals surface area (Å²) in [5.41, 5.74) is 2.84. The van der Waals surface area contributed by atoms with Gasteiger partial charge in [-0.25, -0.2) is 0 Å². The second-order valence-electron chi connectivity index (χ2n) is 8.00. The van der Waals surface area contributed by atoms with Gasteiger partial charge in [0.05, 0.1) is 13.2 Å². The van der Waals surface area contributed by atoms with Crippen molar-refractivity contribution in [3.8, 4) is 11.5 Å². The first-order chi connectivity index (χ1) is 14.8. The quantitative estimate of drug-likeness (QED) is 0.588. The molecule has 0 aromatic heterocycles. The topological polar surface area (TPSA) is 76.7 Å². The summed E-state index contributed by atoms with van der Waals surface area (Å²) in [6.07, 6.45) is 1.09. The molecule has 2 rings (SSSR count). The summed E-state index contributed by atoms with van der Waals surface area (Å²) >= 11 is 0. The summed E-state index contributed by atoms with van der Waals surface area (Å²) in [6.45, 7) is 8.44. The van der Waals surface area contributed by atoms with Crippen molar-refractivity contribution in [1.82, 2.24) is 10.6 Å². The highest BCUT2D eigenvalue weighted by molar-refractivity contribution is 5.95. The van der Waals surface area contributed by atoms with E-state index in [0.717, 1.165) is 12.0 Å². The number of nitrogens with one attached hydrogen (secondary N) is 2. The highest BCUT2D eigenvalue weighted by Crippen LogP contribution is 2.29. The minimum Gasteiger partial charge on any atom is -0.493 e. The number of amides is 2. The number of methoxy groups -OCH3 is 1. The van der Waals surface area contributed by atoms with Crippen LogP contribution in [0, 0.1) is 5.92 Å². The molecule has 31 heavy (non-hydrogen) atoms. The number of ether oxygens (including phenoxy) is 2. The maximum Gasteiger partial charge on any atom is 0.257 e. The van der Waals surface area contributed by atoms with Gasteiger partial charge >= 0.3 is 0 Å². The van der Waals surface area contributed by atoms with Gasteiger partial charge in [-0.3, -0.25) is 9.59 Å². The average molecular weight is 427 g/mol. The van der Waals surface area contributed by atoms with Gasteiger partial charge in [-0.05, 0) is 47.6 Å². The molecule has 2 unspecified atom stereocenters. The Morgan fingerprint density at radius 3 is 2.16 bits per heavy atom. The van der Waals surface area contributed by atoms with E-state index >= 15 is 0 Å². The van der Waals surface area contributed by atoms with Gasteiger partial charge in [-0.15, -0.1) is 0 Å². The molecule has 0 heterocycles. The van der Waals surface area contributed by atoms with E-state index in [1.165, 1.54) is 12.7 Å².